The lowest BCUT2D eigenvalue weighted by molar-refractivity contribution is -0.140. The first-order chi connectivity index (χ1) is 8.81. The number of unbranched alkanes of at least 4 members (excludes halogenated alkanes) is 5. The van der Waals surface area contributed by atoms with Gasteiger partial charge in [-0.15, -0.1) is 5.92 Å². The lowest BCUT2D eigenvalue weighted by atomic mass is 10.1. The molecule has 0 radical (unpaired) electrons. The molecule has 0 unspecified atom stereocenters. The number of aliphatic hydroxyl groups excluding tert-OH is 1. The van der Waals surface area contributed by atoms with Crippen LogP contribution >= 0.6 is 0 Å². The fraction of sp³-hybridized carbons (Fsp3) is 0.667. The van der Waals surface area contributed by atoms with Crippen LogP contribution in [-0.2, 0) is 9.53 Å². The third kappa shape index (κ3) is 12.6. The van der Waals surface area contributed by atoms with Crippen LogP contribution in [0.3, 0.4) is 0 Å². The highest BCUT2D eigenvalue weighted by Crippen LogP contribution is 2.07. The second-order valence-corrected chi connectivity index (χ2v) is 3.89. The SMILES string of the molecule is COC(=O)CCCCCCCC#CCC#CCO. The van der Waals surface area contributed by atoms with Crippen LogP contribution in [0.5, 0.6) is 0 Å². The van der Waals surface area contributed by atoms with Crippen LogP contribution in [0.25, 0.3) is 0 Å². The van der Waals surface area contributed by atoms with E-state index in [1.165, 1.54) is 7.11 Å². The Morgan fingerprint density at radius 2 is 1.67 bits per heavy atom. The molecule has 0 saturated heterocycles. The van der Waals surface area contributed by atoms with Crippen LogP contribution in [0.4, 0.5) is 0 Å². The molecule has 0 aliphatic carbocycles. The van der Waals surface area contributed by atoms with Gasteiger partial charge in [-0.3, -0.25) is 4.79 Å². The molecule has 0 bridgehead atoms. The van der Waals surface area contributed by atoms with E-state index in [0.29, 0.717) is 12.8 Å². The van der Waals surface area contributed by atoms with Gasteiger partial charge in [-0.25, -0.2) is 0 Å². The van der Waals surface area contributed by atoms with E-state index in [1.54, 1.807) is 0 Å². The first kappa shape index (κ1) is 16.6. The highest BCUT2D eigenvalue weighted by molar-refractivity contribution is 5.68. The summed E-state index contributed by atoms with van der Waals surface area (Å²) < 4.78 is 4.57. The quantitative estimate of drug-likeness (QED) is 0.428. The number of hydrogen-bond donors (Lipinski definition) is 1. The van der Waals surface area contributed by atoms with E-state index in [2.05, 4.69) is 28.4 Å². The predicted molar refractivity (Wildman–Crippen MR) is 71.6 cm³/mol. The van der Waals surface area contributed by atoms with Gasteiger partial charge < -0.3 is 9.84 Å². The number of rotatable bonds is 7. The zero-order valence-electron chi connectivity index (χ0n) is 11.1. The van der Waals surface area contributed by atoms with E-state index >= 15 is 0 Å². The first-order valence-electron chi connectivity index (χ1n) is 6.40. The summed E-state index contributed by atoms with van der Waals surface area (Å²) in [5.41, 5.74) is 0. The lowest BCUT2D eigenvalue weighted by Crippen LogP contribution is -1.99. The zero-order chi connectivity index (χ0) is 13.5. The molecule has 18 heavy (non-hydrogen) atoms. The standard InChI is InChI=1S/C15H22O3/c1-18-15(17)13-11-9-7-5-3-2-4-6-8-10-12-14-16/h16H,2-3,5,7-9,11,13-14H2,1H3. The van der Waals surface area contributed by atoms with Gasteiger partial charge in [0.25, 0.3) is 0 Å². The summed E-state index contributed by atoms with van der Waals surface area (Å²) >= 11 is 0. The van der Waals surface area contributed by atoms with Crippen LogP contribution in [-0.4, -0.2) is 24.8 Å². The summed E-state index contributed by atoms with van der Waals surface area (Å²) in [6, 6.07) is 0. The summed E-state index contributed by atoms with van der Waals surface area (Å²) in [6.07, 6.45) is 7.34. The molecule has 0 atom stereocenters. The summed E-state index contributed by atoms with van der Waals surface area (Å²) in [5.74, 6) is 11.2. The Morgan fingerprint density at radius 3 is 2.39 bits per heavy atom. The third-order valence-electron chi connectivity index (χ3n) is 2.42. The minimum atomic E-state index is -0.121. The van der Waals surface area contributed by atoms with Gasteiger partial charge in [-0.2, -0.15) is 0 Å². The molecular formula is C15H22O3. The van der Waals surface area contributed by atoms with Gasteiger partial charge in [-0.1, -0.05) is 37.0 Å². The molecule has 100 valence electrons. The van der Waals surface area contributed by atoms with E-state index in [4.69, 9.17) is 5.11 Å². The molecule has 3 heteroatoms. The zero-order valence-corrected chi connectivity index (χ0v) is 11.1. The predicted octanol–water partition coefficient (Wildman–Crippen LogP) is 2.28. The summed E-state index contributed by atoms with van der Waals surface area (Å²) in [7, 11) is 1.42. The molecule has 0 aromatic rings. The van der Waals surface area contributed by atoms with Gasteiger partial charge in [0.15, 0.2) is 0 Å². The average Bonchev–Trinajstić information content (AvgIpc) is 2.39. The number of ether oxygens (including phenoxy) is 1. The maximum atomic E-state index is 10.8. The number of carbonyl (C=O) groups excluding carboxylic acids is 1. The number of hydrogen-bond acceptors (Lipinski definition) is 3. The van der Waals surface area contributed by atoms with E-state index < -0.39 is 0 Å². The van der Waals surface area contributed by atoms with Gasteiger partial charge in [0.1, 0.15) is 6.61 Å². The number of esters is 1. The largest absolute Gasteiger partial charge is 0.469 e. The van der Waals surface area contributed by atoms with Crippen molar-refractivity contribution in [3.05, 3.63) is 0 Å². The third-order valence-corrected chi connectivity index (χ3v) is 2.42. The number of aliphatic hydroxyl groups is 1. The van der Waals surface area contributed by atoms with Crippen molar-refractivity contribution in [1.82, 2.24) is 0 Å². The fourth-order valence-electron chi connectivity index (χ4n) is 1.43. The maximum Gasteiger partial charge on any atom is 0.305 e. The van der Waals surface area contributed by atoms with E-state index in [-0.39, 0.29) is 12.6 Å². The van der Waals surface area contributed by atoms with Crippen molar-refractivity contribution in [1.29, 1.82) is 0 Å². The molecular weight excluding hydrogens is 228 g/mol. The Bertz CT molecular complexity index is 325. The first-order valence-corrected chi connectivity index (χ1v) is 6.40. The van der Waals surface area contributed by atoms with Crippen molar-refractivity contribution < 1.29 is 14.6 Å². The molecule has 0 aromatic heterocycles. The van der Waals surface area contributed by atoms with E-state index in [0.717, 1.165) is 38.5 Å². The molecule has 0 heterocycles. The van der Waals surface area contributed by atoms with Gasteiger partial charge >= 0.3 is 5.97 Å². The highest BCUT2D eigenvalue weighted by Gasteiger charge is 1.98. The van der Waals surface area contributed by atoms with Crippen molar-refractivity contribution in [3.8, 4) is 23.7 Å². The average molecular weight is 250 g/mol. The monoisotopic (exact) mass is 250 g/mol. The molecule has 0 amide bonds. The van der Waals surface area contributed by atoms with Crippen LogP contribution in [0, 0.1) is 23.7 Å². The molecule has 0 saturated carbocycles. The van der Waals surface area contributed by atoms with Crippen molar-refractivity contribution >= 4 is 5.97 Å². The molecule has 0 rings (SSSR count). The molecule has 0 fully saturated rings. The summed E-state index contributed by atoms with van der Waals surface area (Å²) in [6.45, 7) is -0.0900. The second-order valence-electron chi connectivity index (χ2n) is 3.89. The number of methoxy groups -OCH3 is 1. The smallest absolute Gasteiger partial charge is 0.305 e. The lowest BCUT2D eigenvalue weighted by Gasteiger charge is -1.99. The van der Waals surface area contributed by atoms with Crippen LogP contribution in [0.15, 0.2) is 0 Å². The molecule has 0 spiro atoms. The topological polar surface area (TPSA) is 46.5 Å². The van der Waals surface area contributed by atoms with Gasteiger partial charge in [0.05, 0.1) is 13.5 Å². The second kappa shape index (κ2) is 13.6. The minimum Gasteiger partial charge on any atom is -0.469 e. The fourth-order valence-corrected chi connectivity index (χ4v) is 1.43. The highest BCUT2D eigenvalue weighted by atomic mass is 16.5. The van der Waals surface area contributed by atoms with E-state index in [9.17, 15) is 4.79 Å². The molecule has 0 aliphatic rings. The van der Waals surface area contributed by atoms with E-state index in [1.807, 2.05) is 0 Å². The Labute approximate surface area is 110 Å². The molecule has 0 aliphatic heterocycles. The van der Waals surface area contributed by atoms with Crippen LogP contribution in [0.1, 0.15) is 51.4 Å². The van der Waals surface area contributed by atoms with Crippen LogP contribution in [0.2, 0.25) is 0 Å². The van der Waals surface area contributed by atoms with Gasteiger partial charge in [0.2, 0.25) is 0 Å². The molecule has 3 nitrogen and oxygen atoms in total. The van der Waals surface area contributed by atoms with Crippen molar-refractivity contribution in [2.24, 2.45) is 0 Å². The molecule has 0 aromatic carbocycles. The Hall–Kier alpha value is -1.45. The molecule has 1 N–H and O–H groups in total. The minimum absolute atomic E-state index is 0.0900. The van der Waals surface area contributed by atoms with Crippen molar-refractivity contribution in [2.75, 3.05) is 13.7 Å². The Kier molecular flexibility index (Phi) is 12.5. The van der Waals surface area contributed by atoms with Gasteiger partial charge in [-0.05, 0) is 12.8 Å². The summed E-state index contributed by atoms with van der Waals surface area (Å²) in [5, 5.41) is 8.41. The summed E-state index contributed by atoms with van der Waals surface area (Å²) in [4.78, 5) is 10.8. The Balaban J connectivity index is 3.23. The van der Waals surface area contributed by atoms with Crippen molar-refractivity contribution in [3.63, 3.8) is 0 Å². The van der Waals surface area contributed by atoms with Crippen molar-refractivity contribution in [2.45, 2.75) is 51.4 Å². The Morgan fingerprint density at radius 1 is 1.00 bits per heavy atom. The van der Waals surface area contributed by atoms with Gasteiger partial charge in [0, 0.05) is 12.8 Å². The van der Waals surface area contributed by atoms with Crippen LogP contribution < -0.4 is 0 Å². The number of carbonyl (C=O) groups is 1. The normalized spacial score (nSPS) is 8.78. The maximum absolute atomic E-state index is 10.8.